The lowest BCUT2D eigenvalue weighted by molar-refractivity contribution is 0.189. The molecule has 2 rings (SSSR count). The molecule has 1 N–H and O–H groups in total. The minimum Gasteiger partial charge on any atom is -0.380 e. The molecule has 0 radical (unpaired) electrons. The molecule has 0 bridgehead atoms. The van der Waals surface area contributed by atoms with Crippen LogP contribution in [-0.4, -0.2) is 25.3 Å². The van der Waals surface area contributed by atoms with Crippen LogP contribution in [0.15, 0.2) is 0 Å². The van der Waals surface area contributed by atoms with Gasteiger partial charge in [0.2, 0.25) is 0 Å². The fourth-order valence-electron chi connectivity index (χ4n) is 1.25. The number of nitrogens with one attached hydrogen (secondary N) is 1. The summed E-state index contributed by atoms with van der Waals surface area (Å²) in [6.45, 7) is 1.90. The van der Waals surface area contributed by atoms with E-state index in [4.69, 9.17) is 4.74 Å². The first-order chi connectivity index (χ1) is 4.45. The van der Waals surface area contributed by atoms with Crippen molar-refractivity contribution in [3.05, 3.63) is 0 Å². The first kappa shape index (κ1) is 8.31. The standard InChI is InChI=1S/C7H13NO.ClH/c1-2-6(1)8-7-3-4-9-5-7;/h6-8H,1-5H2;1H. The Balaban J connectivity index is 0.000000500. The lowest BCUT2D eigenvalue weighted by atomic mass is 10.2. The van der Waals surface area contributed by atoms with Gasteiger partial charge in [-0.25, -0.2) is 0 Å². The molecule has 1 saturated carbocycles. The summed E-state index contributed by atoms with van der Waals surface area (Å²) in [5.41, 5.74) is 0. The lowest BCUT2D eigenvalue weighted by Crippen LogP contribution is -2.30. The SMILES string of the molecule is C1CC(NC2CC2)CO1.Cl. The molecule has 2 nitrogen and oxygen atoms in total. The van der Waals surface area contributed by atoms with Crippen molar-refractivity contribution in [1.29, 1.82) is 0 Å². The minimum atomic E-state index is 0. The molecule has 0 aromatic carbocycles. The molecular formula is C7H14ClNO. The van der Waals surface area contributed by atoms with Crippen LogP contribution in [0.2, 0.25) is 0 Å². The van der Waals surface area contributed by atoms with E-state index < -0.39 is 0 Å². The van der Waals surface area contributed by atoms with Crippen molar-refractivity contribution in [2.45, 2.75) is 31.3 Å². The third-order valence-corrected chi connectivity index (χ3v) is 1.98. The van der Waals surface area contributed by atoms with Gasteiger partial charge in [0.25, 0.3) is 0 Å². The zero-order chi connectivity index (χ0) is 6.10. The molecule has 0 aromatic heterocycles. The van der Waals surface area contributed by atoms with E-state index in [0.29, 0.717) is 6.04 Å². The zero-order valence-electron chi connectivity index (χ0n) is 6.01. The molecule has 1 aliphatic carbocycles. The van der Waals surface area contributed by atoms with E-state index in [1.165, 1.54) is 19.3 Å². The van der Waals surface area contributed by atoms with Crippen LogP contribution < -0.4 is 5.32 Å². The van der Waals surface area contributed by atoms with Gasteiger partial charge in [-0.3, -0.25) is 0 Å². The van der Waals surface area contributed by atoms with Crippen LogP contribution in [0.25, 0.3) is 0 Å². The van der Waals surface area contributed by atoms with E-state index in [1.54, 1.807) is 0 Å². The topological polar surface area (TPSA) is 21.3 Å². The Morgan fingerprint density at radius 2 is 1.90 bits per heavy atom. The smallest absolute Gasteiger partial charge is 0.0620 e. The van der Waals surface area contributed by atoms with Gasteiger partial charge in [0.15, 0.2) is 0 Å². The summed E-state index contributed by atoms with van der Waals surface area (Å²) in [6.07, 6.45) is 3.99. The molecule has 0 aromatic rings. The molecule has 1 saturated heterocycles. The Kier molecular flexibility index (Phi) is 2.96. The minimum absolute atomic E-state index is 0. The van der Waals surface area contributed by atoms with E-state index in [0.717, 1.165) is 19.3 Å². The molecule has 1 aliphatic heterocycles. The van der Waals surface area contributed by atoms with E-state index >= 15 is 0 Å². The Morgan fingerprint density at radius 1 is 1.10 bits per heavy atom. The van der Waals surface area contributed by atoms with Crippen molar-refractivity contribution in [1.82, 2.24) is 5.32 Å². The zero-order valence-corrected chi connectivity index (χ0v) is 6.82. The molecule has 0 spiro atoms. The summed E-state index contributed by atoms with van der Waals surface area (Å²) in [5, 5.41) is 3.53. The Hall–Kier alpha value is 0.210. The fourth-order valence-corrected chi connectivity index (χ4v) is 1.25. The average molecular weight is 164 g/mol. The highest BCUT2D eigenvalue weighted by Gasteiger charge is 2.26. The highest BCUT2D eigenvalue weighted by Crippen LogP contribution is 2.20. The number of hydrogen-bond acceptors (Lipinski definition) is 2. The Labute approximate surface area is 67.7 Å². The summed E-state index contributed by atoms with van der Waals surface area (Å²) >= 11 is 0. The van der Waals surface area contributed by atoms with Crippen LogP contribution in [0.3, 0.4) is 0 Å². The number of rotatable bonds is 2. The predicted molar refractivity (Wildman–Crippen MR) is 42.6 cm³/mol. The highest BCUT2D eigenvalue weighted by atomic mass is 35.5. The molecule has 1 atom stereocenters. The molecule has 3 heteroatoms. The highest BCUT2D eigenvalue weighted by molar-refractivity contribution is 5.85. The van der Waals surface area contributed by atoms with Crippen LogP contribution in [0.4, 0.5) is 0 Å². The molecule has 0 amide bonds. The second-order valence-corrected chi connectivity index (χ2v) is 3.00. The first-order valence-corrected chi connectivity index (χ1v) is 3.79. The summed E-state index contributed by atoms with van der Waals surface area (Å²) in [7, 11) is 0. The normalized spacial score (nSPS) is 31.8. The van der Waals surface area contributed by atoms with Gasteiger partial charge in [0.05, 0.1) is 6.61 Å². The second kappa shape index (κ2) is 3.56. The Bertz CT molecular complexity index is 99.8. The number of ether oxygens (including phenoxy) is 1. The van der Waals surface area contributed by atoms with Crippen LogP contribution in [0.1, 0.15) is 19.3 Å². The van der Waals surface area contributed by atoms with Gasteiger partial charge in [-0.1, -0.05) is 0 Å². The van der Waals surface area contributed by atoms with E-state index in [1.807, 2.05) is 0 Å². The lowest BCUT2D eigenvalue weighted by Gasteiger charge is -2.07. The fraction of sp³-hybridized carbons (Fsp3) is 1.00. The first-order valence-electron chi connectivity index (χ1n) is 3.79. The Morgan fingerprint density at radius 3 is 2.40 bits per heavy atom. The van der Waals surface area contributed by atoms with Gasteiger partial charge >= 0.3 is 0 Å². The van der Waals surface area contributed by atoms with E-state index in [-0.39, 0.29) is 12.4 Å². The third-order valence-electron chi connectivity index (χ3n) is 1.98. The number of halogens is 1. The maximum Gasteiger partial charge on any atom is 0.0620 e. The maximum absolute atomic E-state index is 5.22. The van der Waals surface area contributed by atoms with E-state index in [9.17, 15) is 0 Å². The molecule has 1 unspecified atom stereocenters. The van der Waals surface area contributed by atoms with Crippen LogP contribution in [0, 0.1) is 0 Å². The molecule has 1 heterocycles. The van der Waals surface area contributed by atoms with Gasteiger partial charge in [-0.15, -0.1) is 12.4 Å². The molecular weight excluding hydrogens is 150 g/mol. The van der Waals surface area contributed by atoms with Crippen molar-refractivity contribution >= 4 is 12.4 Å². The number of hydrogen-bond donors (Lipinski definition) is 1. The van der Waals surface area contributed by atoms with Crippen LogP contribution in [0.5, 0.6) is 0 Å². The maximum atomic E-state index is 5.22. The van der Waals surface area contributed by atoms with Gasteiger partial charge in [0.1, 0.15) is 0 Å². The van der Waals surface area contributed by atoms with Crippen molar-refractivity contribution in [2.24, 2.45) is 0 Å². The average Bonchev–Trinajstić information content (AvgIpc) is 2.46. The van der Waals surface area contributed by atoms with Crippen molar-refractivity contribution in [3.63, 3.8) is 0 Å². The molecule has 2 aliphatic rings. The largest absolute Gasteiger partial charge is 0.380 e. The van der Waals surface area contributed by atoms with Crippen molar-refractivity contribution < 1.29 is 4.74 Å². The van der Waals surface area contributed by atoms with Gasteiger partial charge in [-0.05, 0) is 19.3 Å². The van der Waals surface area contributed by atoms with Gasteiger partial charge < -0.3 is 10.1 Å². The van der Waals surface area contributed by atoms with Crippen LogP contribution >= 0.6 is 12.4 Å². The molecule has 2 fully saturated rings. The monoisotopic (exact) mass is 163 g/mol. The summed E-state index contributed by atoms with van der Waals surface area (Å²) in [4.78, 5) is 0. The third kappa shape index (κ3) is 2.11. The molecule has 10 heavy (non-hydrogen) atoms. The molecule has 60 valence electrons. The van der Waals surface area contributed by atoms with Crippen molar-refractivity contribution in [2.75, 3.05) is 13.2 Å². The summed E-state index contributed by atoms with van der Waals surface area (Å²) in [6, 6.07) is 1.52. The second-order valence-electron chi connectivity index (χ2n) is 3.00. The predicted octanol–water partition coefficient (Wildman–Crippen LogP) is 0.949. The summed E-state index contributed by atoms with van der Waals surface area (Å²) in [5.74, 6) is 0. The van der Waals surface area contributed by atoms with Crippen molar-refractivity contribution in [3.8, 4) is 0 Å². The van der Waals surface area contributed by atoms with E-state index in [2.05, 4.69) is 5.32 Å². The summed E-state index contributed by atoms with van der Waals surface area (Å²) < 4.78 is 5.22. The van der Waals surface area contributed by atoms with Gasteiger partial charge in [0, 0.05) is 18.7 Å². The van der Waals surface area contributed by atoms with Crippen LogP contribution in [-0.2, 0) is 4.74 Å². The van der Waals surface area contributed by atoms with Gasteiger partial charge in [-0.2, -0.15) is 0 Å². The quantitative estimate of drug-likeness (QED) is 0.655.